The van der Waals surface area contributed by atoms with Gasteiger partial charge >= 0.3 is 128 Å². The Hall–Kier alpha value is -3.58. The van der Waals surface area contributed by atoms with Crippen molar-refractivity contribution in [1.29, 1.82) is 0 Å². The minimum atomic E-state index is -2.20. The van der Waals surface area contributed by atoms with Crippen molar-refractivity contribution in [3.63, 3.8) is 0 Å². The molecule has 7 rings (SSSR count). The summed E-state index contributed by atoms with van der Waals surface area (Å²) in [5.41, 5.74) is 7.91. The van der Waals surface area contributed by atoms with Gasteiger partial charge in [0, 0.05) is 37.7 Å². The van der Waals surface area contributed by atoms with Crippen LogP contribution in [0.4, 0.5) is 0 Å². The molecule has 0 saturated carbocycles. The van der Waals surface area contributed by atoms with Crippen LogP contribution in [0.2, 0.25) is 17.3 Å². The van der Waals surface area contributed by atoms with Gasteiger partial charge in [-0.3, -0.25) is 4.98 Å². The molecule has 0 fully saturated rings. The van der Waals surface area contributed by atoms with Crippen LogP contribution in [0.15, 0.2) is 89.5 Å². The number of hydrogen-bond donors (Lipinski definition) is 0. The summed E-state index contributed by atoms with van der Waals surface area (Å²) in [5.74, 6) is 7.65. The van der Waals surface area contributed by atoms with E-state index in [1.54, 1.807) is 0 Å². The summed E-state index contributed by atoms with van der Waals surface area (Å²) >= 11 is -2.20. The van der Waals surface area contributed by atoms with Crippen LogP contribution in [0.25, 0.3) is 55.7 Å². The van der Waals surface area contributed by atoms with E-state index in [1.807, 2.05) is 93.7 Å². The molecule has 0 atom stereocenters. The van der Waals surface area contributed by atoms with Crippen LogP contribution in [0.3, 0.4) is 0 Å². The Balaban J connectivity index is 0.000000186. The van der Waals surface area contributed by atoms with Gasteiger partial charge in [0.15, 0.2) is 0 Å². The number of aromatic nitrogens is 4. The monoisotopic (exact) mass is 849 g/mol. The standard InChI is InChI=1S/C21H16N3O.C18H24GeN.Ir/c1-3-24-18-10-5-4-9-17(18)23-20(24)16-8-6-7-14-15-12-11-13(2)22-21(15)25-19(14)16;1-14(2)11-16-12-18(15-9-7-6-8-10-15)20-13-17(16)19(3,4)5;/h4-7,9-12H,3H2,1-2H3;6-9,12-14H,11H2,1-5H3;/q2*-1;/i;11D2;. The summed E-state index contributed by atoms with van der Waals surface area (Å²) < 4.78 is 26.6. The van der Waals surface area contributed by atoms with E-state index < -0.39 is 19.6 Å². The van der Waals surface area contributed by atoms with Crippen molar-refractivity contribution in [2.75, 3.05) is 0 Å². The summed E-state index contributed by atoms with van der Waals surface area (Å²) in [5, 5.41) is 2.07. The molecule has 46 heavy (non-hydrogen) atoms. The molecule has 0 aliphatic heterocycles. The fourth-order valence-corrected chi connectivity index (χ4v) is 8.60. The van der Waals surface area contributed by atoms with Gasteiger partial charge in [0.25, 0.3) is 0 Å². The van der Waals surface area contributed by atoms with E-state index in [1.165, 1.54) is 0 Å². The number of aryl methyl sites for hydroxylation is 2. The number of nitrogens with zero attached hydrogens (tertiary/aromatic N) is 4. The summed E-state index contributed by atoms with van der Waals surface area (Å²) in [7, 11) is 0. The Bertz CT molecular complexity index is 2200. The van der Waals surface area contributed by atoms with E-state index in [-0.39, 0.29) is 26.0 Å². The van der Waals surface area contributed by atoms with Crippen LogP contribution >= 0.6 is 0 Å². The molecule has 0 spiro atoms. The molecule has 0 aliphatic carbocycles. The maximum Gasteiger partial charge on any atom is 0 e. The Morgan fingerprint density at radius 2 is 1.72 bits per heavy atom. The van der Waals surface area contributed by atoms with Gasteiger partial charge in [-0.15, -0.1) is 18.2 Å². The van der Waals surface area contributed by atoms with Crippen molar-refractivity contribution >= 4 is 50.8 Å². The number of fused-ring (bicyclic) bond motifs is 4. The molecule has 4 heterocycles. The molecule has 5 nitrogen and oxygen atoms in total. The number of para-hydroxylation sites is 2. The molecule has 0 bridgehead atoms. The fourth-order valence-electron chi connectivity index (χ4n) is 5.65. The topological polar surface area (TPSA) is 56.7 Å². The quantitative estimate of drug-likeness (QED) is 0.124. The Kier molecular flexibility index (Phi) is 9.48. The first-order chi connectivity index (χ1) is 22.4. The van der Waals surface area contributed by atoms with Crippen molar-refractivity contribution in [2.45, 2.75) is 57.9 Å². The average Bonchev–Trinajstić information content (AvgIpc) is 3.62. The van der Waals surface area contributed by atoms with Gasteiger partial charge in [0.1, 0.15) is 0 Å². The van der Waals surface area contributed by atoms with E-state index >= 15 is 0 Å². The number of benzene rings is 3. The zero-order valence-electron chi connectivity index (χ0n) is 29.4. The van der Waals surface area contributed by atoms with Gasteiger partial charge in [0.2, 0.25) is 5.71 Å². The van der Waals surface area contributed by atoms with Crippen molar-refractivity contribution in [1.82, 2.24) is 19.5 Å². The van der Waals surface area contributed by atoms with Crippen molar-refractivity contribution in [3.8, 4) is 22.6 Å². The average molecular weight is 848 g/mol. The van der Waals surface area contributed by atoms with Gasteiger partial charge < -0.3 is 8.98 Å². The van der Waals surface area contributed by atoms with Crippen LogP contribution in [0, 0.1) is 25.0 Å². The molecule has 0 aliphatic rings. The number of furan rings is 1. The van der Waals surface area contributed by atoms with Gasteiger partial charge in [0.05, 0.1) is 22.4 Å². The fraction of sp³-hybridized carbons (Fsp3) is 0.256. The second-order valence-corrected chi connectivity index (χ2v) is 23.2. The minimum absolute atomic E-state index is 0. The van der Waals surface area contributed by atoms with E-state index in [4.69, 9.17) is 12.1 Å². The summed E-state index contributed by atoms with van der Waals surface area (Å²) in [6.45, 7) is 8.80. The first kappa shape index (κ1) is 31.0. The molecule has 237 valence electrons. The van der Waals surface area contributed by atoms with Crippen LogP contribution in [-0.4, -0.2) is 32.8 Å². The second-order valence-electron chi connectivity index (χ2n) is 12.6. The van der Waals surface area contributed by atoms with Gasteiger partial charge in [-0.05, 0) is 38.1 Å². The van der Waals surface area contributed by atoms with E-state index in [9.17, 15) is 0 Å². The SMILES string of the molecule is CCn1c(-c2[c-]ccc3c2oc2nc(C)ccc23)nc2ccccc21.[2H]C([2H])(c1cc(-c2[c-]cccc2)nc[c]1[Ge]([CH3])([CH3])[CH3])C(C)C.[Ir]. The number of hydrogen-bond acceptors (Lipinski definition) is 4. The Morgan fingerprint density at radius 3 is 2.43 bits per heavy atom. The van der Waals surface area contributed by atoms with E-state index in [0.717, 1.165) is 72.2 Å². The van der Waals surface area contributed by atoms with Crippen molar-refractivity contribution in [2.24, 2.45) is 5.92 Å². The largest absolute Gasteiger partial charge is 0 e. The second kappa shape index (κ2) is 14.0. The van der Waals surface area contributed by atoms with E-state index in [0.29, 0.717) is 5.71 Å². The van der Waals surface area contributed by atoms with Crippen LogP contribution < -0.4 is 4.40 Å². The third kappa shape index (κ3) is 6.90. The van der Waals surface area contributed by atoms with Gasteiger partial charge in [-0.2, -0.15) is 0 Å². The molecule has 3 aromatic carbocycles. The first-order valence-corrected chi connectivity index (χ1v) is 22.9. The first-order valence-electron chi connectivity index (χ1n) is 16.5. The van der Waals surface area contributed by atoms with Crippen LogP contribution in [-0.2, 0) is 33.0 Å². The maximum atomic E-state index is 8.56. The summed E-state index contributed by atoms with van der Waals surface area (Å²) in [6.07, 6.45) is 0.562. The third-order valence-electron chi connectivity index (χ3n) is 7.77. The van der Waals surface area contributed by atoms with Crippen LogP contribution in [0.1, 0.15) is 34.8 Å². The molecule has 7 heteroatoms. The smallest absolute Gasteiger partial charge is 0 e. The zero-order valence-corrected chi connectivity index (χ0v) is 31.9. The van der Waals surface area contributed by atoms with Crippen LogP contribution in [0.5, 0.6) is 0 Å². The summed E-state index contributed by atoms with van der Waals surface area (Å²) in [6, 6.07) is 32.4. The maximum absolute atomic E-state index is 8.56. The molecule has 1 radical (unpaired) electrons. The Morgan fingerprint density at radius 1 is 0.935 bits per heavy atom. The van der Waals surface area contributed by atoms with Gasteiger partial charge in [-0.1, -0.05) is 23.1 Å². The van der Waals surface area contributed by atoms with Crippen molar-refractivity contribution < 1.29 is 27.3 Å². The molecule has 0 unspecified atom stereocenters. The predicted octanol–water partition coefficient (Wildman–Crippen LogP) is 9.42. The number of pyridine rings is 2. The summed E-state index contributed by atoms with van der Waals surface area (Å²) in [4.78, 5) is 14.0. The third-order valence-corrected chi connectivity index (χ3v) is 12.0. The molecule has 0 N–H and O–H groups in total. The molecule has 4 aromatic heterocycles. The minimum Gasteiger partial charge on any atom is 0 e. The molecule has 0 amide bonds. The zero-order chi connectivity index (χ0) is 33.5. The van der Waals surface area contributed by atoms with Gasteiger partial charge in [-0.25, -0.2) is 4.98 Å². The molecular formula is C39H40GeIrN4O-2. The number of imidazole rings is 1. The normalized spacial score (nSPS) is 12.5. The molecule has 0 saturated heterocycles. The molecular weight excluding hydrogens is 805 g/mol. The number of rotatable bonds is 6. The van der Waals surface area contributed by atoms with E-state index in [2.05, 4.69) is 63.0 Å². The Labute approximate surface area is 291 Å². The molecule has 7 aromatic rings. The van der Waals surface area contributed by atoms with Crippen molar-refractivity contribution in [3.05, 3.63) is 108 Å². The predicted molar refractivity (Wildman–Crippen MR) is 190 cm³/mol.